The fraction of sp³-hybridized carbons (Fsp3) is 0.0833. The predicted octanol–water partition coefficient (Wildman–Crippen LogP) is 4.59. The number of rotatable bonds is 8. The largest absolute Gasteiger partial charge is 0.457 e. The summed E-state index contributed by atoms with van der Waals surface area (Å²) < 4.78 is 21.2. The predicted molar refractivity (Wildman–Crippen MR) is 119 cm³/mol. The molecule has 3 aromatic carbocycles. The Morgan fingerprint density at radius 1 is 0.875 bits per heavy atom. The number of carbonyl (C=O) groups excluding carboxylic acids is 2. The highest BCUT2D eigenvalue weighted by atomic mass is 32.2. The van der Waals surface area contributed by atoms with Crippen molar-refractivity contribution in [2.75, 3.05) is 12.4 Å². The monoisotopic (exact) mass is 447 g/mol. The number of ketones is 1. The van der Waals surface area contributed by atoms with Crippen LogP contribution in [0.1, 0.15) is 10.4 Å². The maximum atomic E-state index is 14.4. The fourth-order valence-electron chi connectivity index (χ4n) is 3.01. The molecule has 4 aromatic rings. The average Bonchev–Trinajstić information content (AvgIpc) is 3.26. The van der Waals surface area contributed by atoms with Gasteiger partial charge < -0.3 is 4.74 Å². The number of ether oxygens (including phenoxy) is 1. The van der Waals surface area contributed by atoms with E-state index in [0.717, 1.165) is 17.4 Å². The minimum Gasteiger partial charge on any atom is -0.457 e. The van der Waals surface area contributed by atoms with Crippen LogP contribution in [0.2, 0.25) is 0 Å². The van der Waals surface area contributed by atoms with Gasteiger partial charge in [0.25, 0.3) is 0 Å². The second-order valence-corrected chi connectivity index (χ2v) is 7.64. The number of Topliss-reactive ketones (excluding diaryl/α,β-unsaturated/α-hetero) is 1. The van der Waals surface area contributed by atoms with Gasteiger partial charge in [0.2, 0.25) is 0 Å². The molecule has 1 heterocycles. The molecule has 0 aliphatic rings. The molecule has 0 atom stereocenters. The summed E-state index contributed by atoms with van der Waals surface area (Å²) >= 11 is 1.10. The molecule has 1 aromatic heterocycles. The molecule has 8 heteroatoms. The number of para-hydroxylation sites is 1. The normalized spacial score (nSPS) is 10.7. The van der Waals surface area contributed by atoms with E-state index in [1.165, 1.54) is 6.07 Å². The summed E-state index contributed by atoms with van der Waals surface area (Å²) in [6.45, 7) is -0.338. The minimum absolute atomic E-state index is 0.0791. The number of aromatic nitrogens is 3. The first-order chi connectivity index (χ1) is 15.6. The molecule has 0 fully saturated rings. The molecule has 0 N–H and O–H groups in total. The van der Waals surface area contributed by atoms with Gasteiger partial charge in [-0.1, -0.05) is 72.4 Å². The zero-order valence-electron chi connectivity index (χ0n) is 16.8. The lowest BCUT2D eigenvalue weighted by Crippen LogP contribution is -2.15. The summed E-state index contributed by atoms with van der Waals surface area (Å²) in [7, 11) is 0. The zero-order chi connectivity index (χ0) is 22.3. The highest BCUT2D eigenvalue weighted by Crippen LogP contribution is 2.29. The molecule has 32 heavy (non-hydrogen) atoms. The third kappa shape index (κ3) is 4.92. The third-order valence-electron chi connectivity index (χ3n) is 4.54. The van der Waals surface area contributed by atoms with Gasteiger partial charge in [-0.15, -0.1) is 10.2 Å². The van der Waals surface area contributed by atoms with Crippen LogP contribution in [0.3, 0.4) is 0 Å². The zero-order valence-corrected chi connectivity index (χ0v) is 17.7. The molecular formula is C24H18FN3O3S. The molecule has 4 rings (SSSR count). The van der Waals surface area contributed by atoms with Crippen LogP contribution in [0.15, 0.2) is 90.1 Å². The van der Waals surface area contributed by atoms with Crippen molar-refractivity contribution in [1.82, 2.24) is 14.8 Å². The Hall–Kier alpha value is -3.78. The van der Waals surface area contributed by atoms with Crippen molar-refractivity contribution in [2.45, 2.75) is 5.16 Å². The standard InChI is InChI=1S/C24H18FN3O3S/c25-20-14-8-7-13-19(20)23-26-27-24(28(23)18-11-5-2-6-12-18)32-16-22(30)31-15-21(29)17-9-3-1-4-10-17/h1-14H,15-16H2. The molecule has 0 aliphatic heterocycles. The van der Waals surface area contributed by atoms with Gasteiger partial charge in [-0.05, 0) is 24.3 Å². The van der Waals surface area contributed by atoms with Crippen molar-refractivity contribution in [3.8, 4) is 17.1 Å². The van der Waals surface area contributed by atoms with Gasteiger partial charge in [-0.2, -0.15) is 0 Å². The van der Waals surface area contributed by atoms with Crippen LogP contribution in [0, 0.1) is 5.82 Å². The lowest BCUT2D eigenvalue weighted by Gasteiger charge is -2.10. The van der Waals surface area contributed by atoms with Crippen LogP contribution in [0.25, 0.3) is 17.1 Å². The molecule has 0 radical (unpaired) electrons. The van der Waals surface area contributed by atoms with Crippen LogP contribution in [0.5, 0.6) is 0 Å². The molecule has 0 amide bonds. The number of nitrogens with zero attached hydrogens (tertiary/aromatic N) is 3. The quantitative estimate of drug-likeness (QED) is 0.223. The first kappa shape index (κ1) is 21.5. The van der Waals surface area contributed by atoms with Gasteiger partial charge in [0, 0.05) is 11.3 Å². The van der Waals surface area contributed by atoms with Gasteiger partial charge in [0.05, 0.1) is 11.3 Å². The average molecular weight is 447 g/mol. The second-order valence-electron chi connectivity index (χ2n) is 6.70. The minimum atomic E-state index is -0.561. The first-order valence-corrected chi connectivity index (χ1v) is 10.7. The fourth-order valence-corrected chi connectivity index (χ4v) is 3.76. The number of esters is 1. The Morgan fingerprint density at radius 2 is 1.53 bits per heavy atom. The Morgan fingerprint density at radius 3 is 2.25 bits per heavy atom. The summed E-state index contributed by atoms with van der Waals surface area (Å²) in [6.07, 6.45) is 0. The first-order valence-electron chi connectivity index (χ1n) is 9.76. The van der Waals surface area contributed by atoms with Crippen molar-refractivity contribution < 1.29 is 18.7 Å². The second kappa shape index (κ2) is 10.0. The van der Waals surface area contributed by atoms with Crippen LogP contribution < -0.4 is 0 Å². The molecule has 0 aliphatic carbocycles. The number of halogens is 1. The number of benzene rings is 3. The van der Waals surface area contributed by atoms with E-state index in [4.69, 9.17) is 4.74 Å². The van der Waals surface area contributed by atoms with E-state index in [1.54, 1.807) is 53.1 Å². The van der Waals surface area contributed by atoms with E-state index in [9.17, 15) is 14.0 Å². The Labute approximate surface area is 188 Å². The third-order valence-corrected chi connectivity index (χ3v) is 5.44. The van der Waals surface area contributed by atoms with E-state index >= 15 is 0 Å². The van der Waals surface area contributed by atoms with Gasteiger partial charge >= 0.3 is 5.97 Å². The SMILES string of the molecule is O=C(CSc1nnc(-c2ccccc2F)n1-c1ccccc1)OCC(=O)c1ccccc1. The van der Waals surface area contributed by atoms with Crippen molar-refractivity contribution in [1.29, 1.82) is 0 Å². The number of hydrogen-bond donors (Lipinski definition) is 0. The van der Waals surface area contributed by atoms with Crippen LogP contribution >= 0.6 is 11.8 Å². The molecule has 6 nitrogen and oxygen atoms in total. The van der Waals surface area contributed by atoms with E-state index < -0.39 is 11.8 Å². The molecule has 0 spiro atoms. The summed E-state index contributed by atoms with van der Waals surface area (Å²) in [5.74, 6) is -1.02. The van der Waals surface area contributed by atoms with E-state index in [0.29, 0.717) is 22.1 Å². The summed E-state index contributed by atoms with van der Waals surface area (Å²) in [4.78, 5) is 24.3. The molecule has 0 saturated carbocycles. The Balaban J connectivity index is 1.50. The number of thioether (sulfide) groups is 1. The van der Waals surface area contributed by atoms with Gasteiger partial charge in [0.1, 0.15) is 5.82 Å². The molecular weight excluding hydrogens is 429 g/mol. The lowest BCUT2D eigenvalue weighted by atomic mass is 10.1. The van der Waals surface area contributed by atoms with E-state index in [1.807, 2.05) is 30.3 Å². The topological polar surface area (TPSA) is 74.1 Å². The Kier molecular flexibility index (Phi) is 6.72. The lowest BCUT2D eigenvalue weighted by molar-refractivity contribution is -0.139. The highest BCUT2D eigenvalue weighted by Gasteiger charge is 2.20. The summed E-state index contributed by atoms with van der Waals surface area (Å²) in [5.41, 5.74) is 1.50. The van der Waals surface area contributed by atoms with Crippen molar-refractivity contribution in [2.24, 2.45) is 0 Å². The van der Waals surface area contributed by atoms with Crippen molar-refractivity contribution in [3.05, 3.63) is 96.3 Å². The maximum Gasteiger partial charge on any atom is 0.316 e. The van der Waals surface area contributed by atoms with Crippen LogP contribution in [0.4, 0.5) is 4.39 Å². The van der Waals surface area contributed by atoms with Gasteiger partial charge in [-0.25, -0.2) is 4.39 Å². The number of carbonyl (C=O) groups is 2. The summed E-state index contributed by atoms with van der Waals surface area (Å²) in [5, 5.41) is 8.72. The smallest absolute Gasteiger partial charge is 0.316 e. The molecule has 0 saturated heterocycles. The molecule has 0 unspecified atom stereocenters. The molecule has 0 bridgehead atoms. The summed E-state index contributed by atoms with van der Waals surface area (Å²) in [6, 6.07) is 24.2. The molecule has 160 valence electrons. The van der Waals surface area contributed by atoms with Crippen LogP contribution in [-0.4, -0.2) is 38.9 Å². The maximum absolute atomic E-state index is 14.4. The highest BCUT2D eigenvalue weighted by molar-refractivity contribution is 7.99. The number of hydrogen-bond acceptors (Lipinski definition) is 6. The van der Waals surface area contributed by atoms with Gasteiger partial charge in [-0.3, -0.25) is 14.2 Å². The van der Waals surface area contributed by atoms with E-state index in [-0.39, 0.29) is 18.1 Å². The Bertz CT molecular complexity index is 1230. The van der Waals surface area contributed by atoms with E-state index in [2.05, 4.69) is 10.2 Å². The van der Waals surface area contributed by atoms with Crippen molar-refractivity contribution in [3.63, 3.8) is 0 Å². The van der Waals surface area contributed by atoms with Gasteiger partial charge in [0.15, 0.2) is 23.4 Å². The van der Waals surface area contributed by atoms with Crippen LogP contribution in [-0.2, 0) is 9.53 Å². The van der Waals surface area contributed by atoms with Crippen molar-refractivity contribution >= 4 is 23.5 Å².